The number of carbonyl (C=O) groups excluding carboxylic acids is 1. The number of hydrogen-bond acceptors (Lipinski definition) is 3. The molecule has 0 aromatic heterocycles. The lowest BCUT2D eigenvalue weighted by atomic mass is 10.0. The van der Waals surface area contributed by atoms with E-state index in [4.69, 9.17) is 9.16 Å². The lowest BCUT2D eigenvalue weighted by Crippen LogP contribution is -2.48. The van der Waals surface area contributed by atoms with Gasteiger partial charge in [0.25, 0.3) is 0 Å². The SMILES string of the molecule is CC(C)CC(CO[Si](C)(C)C(C)(C)C)N(C)C(=O)OC(C)(C)C. The van der Waals surface area contributed by atoms with Crippen LogP contribution >= 0.6 is 0 Å². The van der Waals surface area contributed by atoms with Crippen molar-refractivity contribution in [2.45, 2.75) is 91.6 Å². The van der Waals surface area contributed by atoms with Gasteiger partial charge >= 0.3 is 6.09 Å². The van der Waals surface area contributed by atoms with Gasteiger partial charge in [0, 0.05) is 7.05 Å². The molecule has 0 aromatic rings. The van der Waals surface area contributed by atoms with Crippen molar-refractivity contribution < 1.29 is 14.0 Å². The first kappa shape index (κ1) is 22.4. The van der Waals surface area contributed by atoms with E-state index in [1.807, 2.05) is 27.8 Å². The normalized spacial score (nSPS) is 14.8. The fourth-order valence-electron chi connectivity index (χ4n) is 1.89. The summed E-state index contributed by atoms with van der Waals surface area (Å²) in [6.45, 7) is 21.8. The maximum Gasteiger partial charge on any atom is 0.410 e. The van der Waals surface area contributed by atoms with Crippen LogP contribution in [-0.2, 0) is 9.16 Å². The fraction of sp³-hybridized carbons (Fsp3) is 0.944. The summed E-state index contributed by atoms with van der Waals surface area (Å²) in [6, 6.07) is 0.0407. The van der Waals surface area contributed by atoms with E-state index in [1.54, 1.807) is 4.90 Å². The minimum atomic E-state index is -1.82. The zero-order valence-electron chi connectivity index (χ0n) is 17.2. The van der Waals surface area contributed by atoms with Gasteiger partial charge in [-0.3, -0.25) is 0 Å². The zero-order valence-corrected chi connectivity index (χ0v) is 18.2. The van der Waals surface area contributed by atoms with Gasteiger partial charge in [-0.05, 0) is 51.2 Å². The lowest BCUT2D eigenvalue weighted by molar-refractivity contribution is 0.0146. The van der Waals surface area contributed by atoms with Crippen molar-refractivity contribution in [1.82, 2.24) is 4.90 Å². The van der Waals surface area contributed by atoms with Crippen molar-refractivity contribution >= 4 is 14.4 Å². The summed E-state index contributed by atoms with van der Waals surface area (Å²) in [5, 5.41) is 0.167. The Morgan fingerprint density at radius 2 is 1.57 bits per heavy atom. The second-order valence-electron chi connectivity index (χ2n) is 9.45. The highest BCUT2D eigenvalue weighted by Gasteiger charge is 2.38. The minimum Gasteiger partial charge on any atom is -0.444 e. The van der Waals surface area contributed by atoms with Gasteiger partial charge in [0.1, 0.15) is 5.60 Å². The van der Waals surface area contributed by atoms with Crippen LogP contribution in [-0.4, -0.2) is 44.6 Å². The average molecular weight is 346 g/mol. The second-order valence-corrected chi connectivity index (χ2v) is 14.3. The fourth-order valence-corrected chi connectivity index (χ4v) is 2.93. The summed E-state index contributed by atoms with van der Waals surface area (Å²) in [7, 11) is -0.00936. The number of nitrogens with zero attached hydrogens (tertiary/aromatic N) is 1. The Morgan fingerprint density at radius 3 is 1.91 bits per heavy atom. The van der Waals surface area contributed by atoms with Gasteiger partial charge in [-0.2, -0.15) is 0 Å². The quantitative estimate of drug-likeness (QED) is 0.614. The van der Waals surface area contributed by atoms with Crippen LogP contribution in [0, 0.1) is 5.92 Å². The van der Waals surface area contributed by atoms with E-state index in [-0.39, 0.29) is 17.2 Å². The van der Waals surface area contributed by atoms with E-state index in [0.717, 1.165) is 6.42 Å². The highest BCUT2D eigenvalue weighted by molar-refractivity contribution is 6.74. The van der Waals surface area contributed by atoms with Crippen LogP contribution in [0.15, 0.2) is 0 Å². The third kappa shape index (κ3) is 8.20. The number of likely N-dealkylation sites (N-methyl/N-ethyl adjacent to an activating group) is 1. The largest absolute Gasteiger partial charge is 0.444 e. The molecule has 0 aromatic carbocycles. The van der Waals surface area contributed by atoms with Gasteiger partial charge in [0.15, 0.2) is 8.32 Å². The molecule has 0 N–H and O–H groups in total. The van der Waals surface area contributed by atoms with Crippen LogP contribution in [0.5, 0.6) is 0 Å². The van der Waals surface area contributed by atoms with E-state index in [0.29, 0.717) is 12.5 Å². The second kappa shape index (κ2) is 8.02. The molecule has 0 aliphatic heterocycles. The minimum absolute atomic E-state index is 0.0407. The van der Waals surface area contributed by atoms with E-state index in [2.05, 4.69) is 47.7 Å². The molecular formula is C18H39NO3Si. The van der Waals surface area contributed by atoms with Crippen LogP contribution in [0.1, 0.15) is 61.8 Å². The first-order chi connectivity index (χ1) is 10.1. The van der Waals surface area contributed by atoms with Crippen molar-refractivity contribution in [1.29, 1.82) is 0 Å². The van der Waals surface area contributed by atoms with Gasteiger partial charge in [0.2, 0.25) is 0 Å². The third-order valence-electron chi connectivity index (χ3n) is 4.42. The molecule has 0 saturated carbocycles. The zero-order chi connectivity index (χ0) is 18.6. The Labute approximate surface area is 145 Å². The van der Waals surface area contributed by atoms with Crippen LogP contribution < -0.4 is 0 Å². The average Bonchev–Trinajstić information content (AvgIpc) is 2.29. The van der Waals surface area contributed by atoms with Crippen molar-refractivity contribution in [3.8, 4) is 0 Å². The number of rotatable bonds is 6. The molecule has 1 amide bonds. The van der Waals surface area contributed by atoms with Gasteiger partial charge in [-0.15, -0.1) is 0 Å². The summed E-state index contributed by atoms with van der Waals surface area (Å²) in [6.07, 6.45) is 0.631. The highest BCUT2D eigenvalue weighted by Crippen LogP contribution is 2.36. The molecule has 0 aliphatic rings. The standard InChI is InChI=1S/C18H39NO3Si/c1-14(2)12-15(13-21-23(10,11)18(6,7)8)19(9)16(20)22-17(3,4)5/h14-15H,12-13H2,1-11H3. The molecule has 0 bridgehead atoms. The topological polar surface area (TPSA) is 38.8 Å². The molecule has 0 aliphatic carbocycles. The molecule has 0 radical (unpaired) electrons. The number of ether oxygens (including phenoxy) is 1. The van der Waals surface area contributed by atoms with E-state index in [9.17, 15) is 4.79 Å². The molecule has 0 fully saturated rings. The van der Waals surface area contributed by atoms with Gasteiger partial charge < -0.3 is 14.1 Å². The van der Waals surface area contributed by atoms with Gasteiger partial charge in [-0.1, -0.05) is 34.6 Å². The maximum atomic E-state index is 12.4. The van der Waals surface area contributed by atoms with Crippen molar-refractivity contribution in [3.05, 3.63) is 0 Å². The number of hydrogen-bond donors (Lipinski definition) is 0. The molecule has 23 heavy (non-hydrogen) atoms. The highest BCUT2D eigenvalue weighted by atomic mass is 28.4. The Bertz CT molecular complexity index is 381. The summed E-state index contributed by atoms with van der Waals surface area (Å²) in [5.41, 5.74) is -0.478. The first-order valence-corrected chi connectivity index (χ1v) is 11.6. The first-order valence-electron chi connectivity index (χ1n) is 8.66. The van der Waals surface area contributed by atoms with Crippen molar-refractivity contribution in [2.75, 3.05) is 13.7 Å². The lowest BCUT2D eigenvalue weighted by Gasteiger charge is -2.39. The van der Waals surface area contributed by atoms with Gasteiger partial charge in [0.05, 0.1) is 12.6 Å². The van der Waals surface area contributed by atoms with Crippen LogP contribution in [0.2, 0.25) is 18.1 Å². The maximum absolute atomic E-state index is 12.4. The molecule has 138 valence electrons. The Balaban J connectivity index is 4.98. The monoisotopic (exact) mass is 345 g/mol. The molecule has 1 atom stereocenters. The van der Waals surface area contributed by atoms with E-state index in [1.165, 1.54) is 0 Å². The molecule has 0 spiro atoms. The molecule has 5 heteroatoms. The third-order valence-corrected chi connectivity index (χ3v) is 8.92. The summed E-state index contributed by atoms with van der Waals surface area (Å²) in [5.74, 6) is 0.493. The van der Waals surface area contributed by atoms with Crippen molar-refractivity contribution in [3.63, 3.8) is 0 Å². The van der Waals surface area contributed by atoms with Gasteiger partial charge in [-0.25, -0.2) is 4.79 Å². The predicted octanol–water partition coefficient (Wildman–Crippen LogP) is 5.29. The summed E-state index contributed by atoms with van der Waals surface area (Å²) in [4.78, 5) is 14.1. The Kier molecular flexibility index (Phi) is 7.82. The number of carbonyl (C=O) groups is 1. The molecule has 1 unspecified atom stereocenters. The smallest absolute Gasteiger partial charge is 0.410 e. The van der Waals surface area contributed by atoms with Crippen LogP contribution in [0.25, 0.3) is 0 Å². The van der Waals surface area contributed by atoms with Crippen LogP contribution in [0.4, 0.5) is 4.79 Å². The van der Waals surface area contributed by atoms with E-state index >= 15 is 0 Å². The van der Waals surface area contributed by atoms with Crippen LogP contribution in [0.3, 0.4) is 0 Å². The molecule has 4 nitrogen and oxygen atoms in total. The Morgan fingerprint density at radius 1 is 1.09 bits per heavy atom. The molecule has 0 saturated heterocycles. The molecule has 0 rings (SSSR count). The molecular weight excluding hydrogens is 306 g/mol. The summed E-state index contributed by atoms with van der Waals surface area (Å²) < 4.78 is 11.9. The Hall–Kier alpha value is -0.553. The molecule has 0 heterocycles. The predicted molar refractivity (Wildman–Crippen MR) is 100 cm³/mol. The number of amides is 1. The summed E-state index contributed by atoms with van der Waals surface area (Å²) >= 11 is 0. The van der Waals surface area contributed by atoms with E-state index < -0.39 is 13.9 Å². The van der Waals surface area contributed by atoms with Crippen molar-refractivity contribution in [2.24, 2.45) is 5.92 Å².